The molecule has 0 aliphatic heterocycles. The Balaban J connectivity index is 2.89. The van der Waals surface area contributed by atoms with E-state index < -0.39 is 0 Å². The van der Waals surface area contributed by atoms with Gasteiger partial charge in [0, 0.05) is 12.6 Å². The van der Waals surface area contributed by atoms with Crippen molar-refractivity contribution in [2.24, 2.45) is 5.11 Å². The van der Waals surface area contributed by atoms with Gasteiger partial charge in [0.25, 0.3) is 5.91 Å². The SMILES string of the molecule is CON(C)C(=O)c1cccc(CN=[N+]=N)c1. The van der Waals surface area contributed by atoms with Gasteiger partial charge in [-0.2, -0.15) is 0 Å². The van der Waals surface area contributed by atoms with E-state index in [1.807, 2.05) is 6.07 Å². The summed E-state index contributed by atoms with van der Waals surface area (Å²) in [7, 11) is 2.97. The molecule has 0 aromatic heterocycles. The number of amides is 1. The van der Waals surface area contributed by atoms with Crippen LogP contribution in [-0.4, -0.2) is 25.1 Å². The quantitative estimate of drug-likeness (QED) is 0.473. The first-order valence-electron chi connectivity index (χ1n) is 4.63. The molecule has 1 N–H and O–H groups in total. The first-order chi connectivity index (χ1) is 7.69. The van der Waals surface area contributed by atoms with E-state index >= 15 is 0 Å². The molecule has 0 fully saturated rings. The molecule has 0 saturated carbocycles. The number of nitrogens with zero attached hydrogens (tertiary/aromatic N) is 3. The van der Waals surface area contributed by atoms with Crippen molar-refractivity contribution in [3.63, 3.8) is 0 Å². The van der Waals surface area contributed by atoms with Crippen molar-refractivity contribution in [3.8, 4) is 0 Å². The molecule has 84 valence electrons. The molecule has 0 spiro atoms. The maximum atomic E-state index is 11.7. The molecule has 1 rings (SSSR count). The molecule has 1 aromatic carbocycles. The van der Waals surface area contributed by atoms with E-state index in [1.54, 1.807) is 25.2 Å². The lowest BCUT2D eigenvalue weighted by atomic mass is 10.1. The molecule has 1 aromatic rings. The van der Waals surface area contributed by atoms with Gasteiger partial charge in [-0.25, -0.2) is 5.06 Å². The Morgan fingerprint density at radius 1 is 1.62 bits per heavy atom. The summed E-state index contributed by atoms with van der Waals surface area (Å²) in [6, 6.07) is 6.97. The number of benzene rings is 1. The molecule has 0 radical (unpaired) electrons. The van der Waals surface area contributed by atoms with Crippen molar-refractivity contribution in [2.75, 3.05) is 14.2 Å². The molecule has 16 heavy (non-hydrogen) atoms. The fraction of sp³-hybridized carbons (Fsp3) is 0.300. The van der Waals surface area contributed by atoms with Crippen molar-refractivity contribution in [1.29, 1.82) is 5.53 Å². The predicted molar refractivity (Wildman–Crippen MR) is 56.5 cm³/mol. The third-order valence-electron chi connectivity index (χ3n) is 2.06. The molecule has 0 unspecified atom stereocenters. The number of rotatable bonds is 4. The van der Waals surface area contributed by atoms with Crippen molar-refractivity contribution in [2.45, 2.75) is 6.54 Å². The highest BCUT2D eigenvalue weighted by atomic mass is 16.7. The van der Waals surface area contributed by atoms with E-state index in [1.165, 1.54) is 7.11 Å². The average molecular weight is 221 g/mol. The maximum Gasteiger partial charge on any atom is 0.277 e. The van der Waals surface area contributed by atoms with Crippen LogP contribution in [0.15, 0.2) is 29.4 Å². The van der Waals surface area contributed by atoms with Crippen LogP contribution < -0.4 is 4.91 Å². The summed E-state index contributed by atoms with van der Waals surface area (Å²) in [5.41, 5.74) is 7.89. The van der Waals surface area contributed by atoms with E-state index in [-0.39, 0.29) is 5.91 Å². The molecule has 1 amide bonds. The minimum Gasteiger partial charge on any atom is -0.274 e. The zero-order chi connectivity index (χ0) is 12.0. The smallest absolute Gasteiger partial charge is 0.274 e. The van der Waals surface area contributed by atoms with Gasteiger partial charge < -0.3 is 0 Å². The van der Waals surface area contributed by atoms with Crippen LogP contribution in [0.3, 0.4) is 0 Å². The molecule has 6 nitrogen and oxygen atoms in total. The van der Waals surface area contributed by atoms with Crippen molar-refractivity contribution in [3.05, 3.63) is 35.4 Å². The first-order valence-corrected chi connectivity index (χ1v) is 4.63. The second-order valence-corrected chi connectivity index (χ2v) is 3.09. The van der Waals surface area contributed by atoms with Crippen LogP contribution in [0.4, 0.5) is 0 Å². The van der Waals surface area contributed by atoms with Crippen molar-refractivity contribution >= 4 is 5.91 Å². The van der Waals surface area contributed by atoms with Crippen LogP contribution in [-0.2, 0) is 11.4 Å². The van der Waals surface area contributed by atoms with E-state index in [0.29, 0.717) is 12.1 Å². The van der Waals surface area contributed by atoms with E-state index in [9.17, 15) is 4.79 Å². The van der Waals surface area contributed by atoms with Crippen molar-refractivity contribution < 1.29 is 9.63 Å². The largest absolute Gasteiger partial charge is 0.277 e. The van der Waals surface area contributed by atoms with Gasteiger partial charge in [-0.3, -0.25) is 9.63 Å². The molecule has 0 heterocycles. The first kappa shape index (κ1) is 12.0. The molecule has 0 atom stereocenters. The van der Waals surface area contributed by atoms with Crippen LogP contribution in [0, 0.1) is 5.53 Å². The third kappa shape index (κ3) is 2.98. The standard InChI is InChI=1S/C10H13N4O2/c1-14(16-2)10(15)9-5-3-4-8(6-9)7-12-13-11/h3-6,11H,7H2,1-2H3/q+1. The fourth-order valence-corrected chi connectivity index (χ4v) is 1.18. The average Bonchev–Trinajstić information content (AvgIpc) is 2.34. The lowest BCUT2D eigenvalue weighted by Gasteiger charge is -2.13. The summed E-state index contributed by atoms with van der Waals surface area (Å²) in [5.74, 6) is -0.229. The van der Waals surface area contributed by atoms with E-state index in [2.05, 4.69) is 10.0 Å². The Labute approximate surface area is 93.0 Å². The summed E-state index contributed by atoms with van der Waals surface area (Å²) in [5, 5.41) is 4.69. The number of hydroxylamine groups is 2. The topological polar surface area (TPSA) is 79.8 Å². The Hall–Kier alpha value is -2.04. The highest BCUT2D eigenvalue weighted by molar-refractivity contribution is 5.93. The van der Waals surface area contributed by atoms with Crippen molar-refractivity contribution in [1.82, 2.24) is 9.97 Å². The maximum absolute atomic E-state index is 11.7. The van der Waals surface area contributed by atoms with Gasteiger partial charge in [-0.1, -0.05) is 12.1 Å². The fourth-order valence-electron chi connectivity index (χ4n) is 1.18. The number of carbonyl (C=O) groups is 1. The Bertz CT molecular complexity index is 427. The number of hydrogen-bond acceptors (Lipinski definition) is 4. The molecule has 0 aliphatic rings. The van der Waals surface area contributed by atoms with Gasteiger partial charge in [0.05, 0.1) is 7.11 Å². The minimum atomic E-state index is -0.229. The van der Waals surface area contributed by atoms with Crippen LogP contribution in [0.1, 0.15) is 15.9 Å². The van der Waals surface area contributed by atoms with E-state index in [0.717, 1.165) is 10.6 Å². The Kier molecular flexibility index (Phi) is 4.32. The van der Waals surface area contributed by atoms with Gasteiger partial charge in [-0.05, 0) is 17.7 Å². The second-order valence-electron chi connectivity index (χ2n) is 3.09. The normalized spacial score (nSPS) is 9.38. The van der Waals surface area contributed by atoms with Crippen LogP contribution in [0.5, 0.6) is 0 Å². The summed E-state index contributed by atoms with van der Waals surface area (Å²) in [6.45, 7) is 0.293. The zero-order valence-electron chi connectivity index (χ0n) is 9.17. The number of carbonyl (C=O) groups excluding carboxylic acids is 1. The molecule has 0 aliphatic carbocycles. The summed E-state index contributed by atoms with van der Waals surface area (Å²) in [6.07, 6.45) is 0. The molecule has 0 saturated heterocycles. The summed E-state index contributed by atoms with van der Waals surface area (Å²) < 4.78 is 0. The lowest BCUT2D eigenvalue weighted by Crippen LogP contribution is -2.25. The number of nitrogens with one attached hydrogen (secondary N) is 1. The predicted octanol–water partition coefficient (Wildman–Crippen LogP) is 1.37. The number of hydrogen-bond donors (Lipinski definition) is 1. The molecular formula is C10H13N4O2+. The van der Waals surface area contributed by atoms with Gasteiger partial charge in [0.15, 0.2) is 0 Å². The monoisotopic (exact) mass is 221 g/mol. The summed E-state index contributed by atoms with van der Waals surface area (Å²) >= 11 is 0. The molecule has 6 heteroatoms. The Morgan fingerprint density at radius 2 is 2.38 bits per heavy atom. The van der Waals surface area contributed by atoms with Gasteiger partial charge in [0.2, 0.25) is 4.91 Å². The lowest BCUT2D eigenvalue weighted by molar-refractivity contribution is -0.0757. The molecular weight excluding hydrogens is 208 g/mol. The van der Waals surface area contributed by atoms with E-state index in [4.69, 9.17) is 10.4 Å². The highest BCUT2D eigenvalue weighted by Crippen LogP contribution is 2.08. The van der Waals surface area contributed by atoms with Crippen LogP contribution >= 0.6 is 0 Å². The Morgan fingerprint density at radius 3 is 3.00 bits per heavy atom. The minimum absolute atomic E-state index is 0.229. The summed E-state index contributed by atoms with van der Waals surface area (Å²) in [4.78, 5) is 19.4. The second kappa shape index (κ2) is 5.75. The molecule has 0 bridgehead atoms. The van der Waals surface area contributed by atoms with Crippen LogP contribution in [0.2, 0.25) is 0 Å². The third-order valence-corrected chi connectivity index (χ3v) is 2.06. The van der Waals surface area contributed by atoms with Gasteiger partial charge in [0.1, 0.15) is 17.2 Å². The van der Waals surface area contributed by atoms with Gasteiger partial charge in [-0.15, -0.1) is 0 Å². The van der Waals surface area contributed by atoms with Crippen LogP contribution in [0.25, 0.3) is 0 Å². The van der Waals surface area contributed by atoms with Gasteiger partial charge >= 0.3 is 0 Å². The highest BCUT2D eigenvalue weighted by Gasteiger charge is 2.11. The zero-order valence-corrected chi connectivity index (χ0v) is 9.17.